The molecule has 1 amide bonds. The number of β-amino-alcohol motifs (C(OH)–C–C–N with tert-alkyl or cyclic N) is 1. The number of aromatic nitrogens is 2. The molecule has 2 heterocycles. The van der Waals surface area contributed by atoms with Crippen molar-refractivity contribution in [2.75, 3.05) is 18.0 Å². The third kappa shape index (κ3) is 1.89. The van der Waals surface area contributed by atoms with E-state index >= 15 is 0 Å². The van der Waals surface area contributed by atoms with Gasteiger partial charge in [-0.05, 0) is 12.8 Å². The van der Waals surface area contributed by atoms with Crippen LogP contribution in [0, 0.1) is 0 Å². The van der Waals surface area contributed by atoms with Gasteiger partial charge in [-0.1, -0.05) is 0 Å². The summed E-state index contributed by atoms with van der Waals surface area (Å²) < 4.78 is 4.31. The van der Waals surface area contributed by atoms with Crippen LogP contribution in [0.15, 0.2) is 0 Å². The smallest absolute Gasteiger partial charge is 0.251 e. The maximum atomic E-state index is 11.1. The van der Waals surface area contributed by atoms with E-state index in [1.54, 1.807) is 0 Å². The zero-order valence-electron chi connectivity index (χ0n) is 9.30. The lowest BCUT2D eigenvalue weighted by Gasteiger charge is -2.18. The van der Waals surface area contributed by atoms with Crippen LogP contribution in [0.5, 0.6) is 0 Å². The summed E-state index contributed by atoms with van der Waals surface area (Å²) in [6.07, 6.45) is 2.70. The van der Waals surface area contributed by atoms with Gasteiger partial charge in [0.25, 0.3) is 5.91 Å². The first kappa shape index (κ1) is 10.9. The van der Waals surface area contributed by atoms with Crippen molar-refractivity contribution in [1.82, 2.24) is 9.36 Å². The fourth-order valence-electron chi connectivity index (χ4n) is 2.02. The highest BCUT2D eigenvalue weighted by atomic mass is 32.1. The first-order chi connectivity index (χ1) is 8.08. The second-order valence-corrected chi connectivity index (χ2v) is 5.51. The number of aliphatic hydroxyl groups is 1. The van der Waals surface area contributed by atoms with Crippen LogP contribution in [0.4, 0.5) is 5.13 Å². The lowest BCUT2D eigenvalue weighted by Crippen LogP contribution is -2.46. The van der Waals surface area contributed by atoms with E-state index in [0.29, 0.717) is 18.9 Å². The van der Waals surface area contributed by atoms with Crippen molar-refractivity contribution in [1.29, 1.82) is 0 Å². The quantitative estimate of drug-likeness (QED) is 0.782. The summed E-state index contributed by atoms with van der Waals surface area (Å²) in [5.74, 6) is 0.768. The van der Waals surface area contributed by atoms with Crippen LogP contribution < -0.4 is 10.6 Å². The minimum absolute atomic E-state index is 0.224. The van der Waals surface area contributed by atoms with Crippen molar-refractivity contribution >= 4 is 22.6 Å². The predicted octanol–water partition coefficient (Wildman–Crippen LogP) is -0.158. The molecule has 2 fully saturated rings. The van der Waals surface area contributed by atoms with E-state index in [4.69, 9.17) is 5.73 Å². The number of primary amides is 1. The average molecular weight is 254 g/mol. The molecule has 1 aliphatic carbocycles. The van der Waals surface area contributed by atoms with E-state index in [-0.39, 0.29) is 6.54 Å². The highest BCUT2D eigenvalue weighted by Crippen LogP contribution is 2.40. The Morgan fingerprint density at radius 3 is 2.94 bits per heavy atom. The van der Waals surface area contributed by atoms with Crippen LogP contribution >= 0.6 is 11.5 Å². The number of carbonyl (C=O) groups is 1. The van der Waals surface area contributed by atoms with E-state index in [9.17, 15) is 9.90 Å². The normalized spacial score (nSPS) is 28.6. The number of rotatable bonds is 3. The molecular formula is C10H14N4O2S. The molecule has 1 atom stereocenters. The molecule has 6 nitrogen and oxygen atoms in total. The van der Waals surface area contributed by atoms with Crippen LogP contribution in [0.1, 0.15) is 31.0 Å². The summed E-state index contributed by atoms with van der Waals surface area (Å²) in [7, 11) is 0. The monoisotopic (exact) mass is 254 g/mol. The zero-order chi connectivity index (χ0) is 12.0. The fraction of sp³-hybridized carbons (Fsp3) is 0.700. The standard InChI is InChI=1S/C10H14N4O2S/c11-8(15)10(16)3-4-14(5-10)9-12-7(13-17-9)6-1-2-6/h6,16H,1-5H2,(H2,11,15). The molecule has 3 rings (SSSR count). The minimum Gasteiger partial charge on any atom is -0.378 e. The van der Waals surface area contributed by atoms with Crippen molar-refractivity contribution < 1.29 is 9.90 Å². The zero-order valence-corrected chi connectivity index (χ0v) is 10.1. The summed E-state index contributed by atoms with van der Waals surface area (Å²) in [4.78, 5) is 17.5. The molecule has 0 aromatic carbocycles. The van der Waals surface area contributed by atoms with Crippen LogP contribution in [-0.4, -0.2) is 39.1 Å². The van der Waals surface area contributed by atoms with Crippen LogP contribution in [-0.2, 0) is 4.79 Å². The molecule has 1 unspecified atom stereocenters. The largest absolute Gasteiger partial charge is 0.378 e. The Balaban J connectivity index is 1.74. The molecule has 0 spiro atoms. The summed E-state index contributed by atoms with van der Waals surface area (Å²) >= 11 is 1.33. The number of hydrogen-bond donors (Lipinski definition) is 2. The Labute approximate surface area is 103 Å². The maximum Gasteiger partial charge on any atom is 0.251 e. The van der Waals surface area contributed by atoms with Crippen molar-refractivity contribution in [3.05, 3.63) is 5.82 Å². The predicted molar refractivity (Wildman–Crippen MR) is 62.9 cm³/mol. The molecule has 0 bridgehead atoms. The molecular weight excluding hydrogens is 240 g/mol. The Morgan fingerprint density at radius 1 is 1.59 bits per heavy atom. The second-order valence-electron chi connectivity index (χ2n) is 4.78. The highest BCUT2D eigenvalue weighted by molar-refractivity contribution is 7.09. The number of nitrogens with zero attached hydrogens (tertiary/aromatic N) is 3. The van der Waals surface area contributed by atoms with Crippen molar-refractivity contribution in [3.8, 4) is 0 Å². The highest BCUT2D eigenvalue weighted by Gasteiger charge is 2.42. The lowest BCUT2D eigenvalue weighted by atomic mass is 10.0. The summed E-state index contributed by atoms with van der Waals surface area (Å²) in [6, 6.07) is 0. The molecule has 1 aromatic rings. The van der Waals surface area contributed by atoms with Gasteiger partial charge in [0, 0.05) is 30.4 Å². The lowest BCUT2D eigenvalue weighted by molar-refractivity contribution is -0.134. The Hall–Kier alpha value is -1.21. The van der Waals surface area contributed by atoms with Gasteiger partial charge < -0.3 is 15.7 Å². The average Bonchev–Trinajstić information content (AvgIpc) is 2.88. The third-order valence-electron chi connectivity index (χ3n) is 3.35. The van der Waals surface area contributed by atoms with E-state index < -0.39 is 11.5 Å². The second kappa shape index (κ2) is 3.64. The van der Waals surface area contributed by atoms with Gasteiger partial charge >= 0.3 is 0 Å². The molecule has 3 N–H and O–H groups in total. The SMILES string of the molecule is NC(=O)C1(O)CCN(c2nc(C3CC3)ns2)C1. The number of anilines is 1. The molecule has 1 aromatic heterocycles. The number of amides is 1. The molecule has 1 aliphatic heterocycles. The molecule has 17 heavy (non-hydrogen) atoms. The molecule has 92 valence electrons. The summed E-state index contributed by atoms with van der Waals surface area (Å²) in [5.41, 5.74) is 3.78. The van der Waals surface area contributed by atoms with Gasteiger partial charge in [0.15, 0.2) is 5.60 Å². The Kier molecular flexibility index (Phi) is 2.34. The van der Waals surface area contributed by atoms with Crippen molar-refractivity contribution in [2.45, 2.75) is 30.8 Å². The summed E-state index contributed by atoms with van der Waals surface area (Å²) in [5, 5.41) is 10.8. The Morgan fingerprint density at radius 2 is 2.35 bits per heavy atom. The van der Waals surface area contributed by atoms with E-state index in [1.165, 1.54) is 24.4 Å². The summed E-state index contributed by atoms with van der Waals surface area (Å²) in [6.45, 7) is 0.820. The first-order valence-corrected chi connectivity index (χ1v) is 6.47. The van der Waals surface area contributed by atoms with Gasteiger partial charge in [-0.3, -0.25) is 4.79 Å². The molecule has 7 heteroatoms. The number of carbonyl (C=O) groups excluding carboxylic acids is 1. The minimum atomic E-state index is -1.41. The molecule has 1 saturated carbocycles. The van der Waals surface area contributed by atoms with Crippen LogP contribution in [0.2, 0.25) is 0 Å². The van der Waals surface area contributed by atoms with Gasteiger partial charge in [0.05, 0.1) is 6.54 Å². The molecule has 2 aliphatic rings. The maximum absolute atomic E-state index is 11.1. The van der Waals surface area contributed by atoms with Gasteiger partial charge in [-0.25, -0.2) is 4.98 Å². The van der Waals surface area contributed by atoms with Crippen molar-refractivity contribution in [2.24, 2.45) is 5.73 Å². The van der Waals surface area contributed by atoms with Gasteiger partial charge in [-0.15, -0.1) is 0 Å². The van der Waals surface area contributed by atoms with E-state index in [0.717, 1.165) is 11.0 Å². The van der Waals surface area contributed by atoms with Gasteiger partial charge in [0.1, 0.15) is 5.82 Å². The van der Waals surface area contributed by atoms with Gasteiger partial charge in [-0.2, -0.15) is 4.37 Å². The third-order valence-corrected chi connectivity index (χ3v) is 4.14. The number of hydrogen-bond acceptors (Lipinski definition) is 6. The fourth-order valence-corrected chi connectivity index (χ4v) is 2.79. The topological polar surface area (TPSA) is 92.3 Å². The molecule has 0 radical (unpaired) electrons. The van der Waals surface area contributed by atoms with E-state index in [1.807, 2.05) is 4.90 Å². The number of nitrogens with two attached hydrogens (primary N) is 1. The first-order valence-electron chi connectivity index (χ1n) is 5.69. The van der Waals surface area contributed by atoms with E-state index in [2.05, 4.69) is 9.36 Å². The Bertz CT molecular complexity index is 459. The van der Waals surface area contributed by atoms with Crippen molar-refractivity contribution in [3.63, 3.8) is 0 Å². The van der Waals surface area contributed by atoms with Crippen LogP contribution in [0.25, 0.3) is 0 Å². The van der Waals surface area contributed by atoms with Crippen LogP contribution in [0.3, 0.4) is 0 Å². The van der Waals surface area contributed by atoms with Gasteiger partial charge in [0.2, 0.25) is 5.13 Å². The molecule has 1 saturated heterocycles.